The third-order valence-corrected chi connectivity index (χ3v) is 6.48. The molecule has 0 bridgehead atoms. The number of carboxylic acids is 2. The van der Waals surface area contributed by atoms with Crippen LogP contribution in [-0.4, -0.2) is 75.5 Å². The molecule has 1 aromatic carbocycles. The van der Waals surface area contributed by atoms with Gasteiger partial charge in [-0.05, 0) is 37.3 Å². The molecule has 12 heteroatoms. The molecule has 4 rings (SSSR count). The molecule has 2 amide bonds. The fourth-order valence-electron chi connectivity index (χ4n) is 4.60. The summed E-state index contributed by atoms with van der Waals surface area (Å²) in [6.45, 7) is 1.90. The van der Waals surface area contributed by atoms with Gasteiger partial charge in [0, 0.05) is 62.2 Å². The summed E-state index contributed by atoms with van der Waals surface area (Å²) in [4.78, 5) is 47.8. The Balaban J connectivity index is 0.000000392. The number of nitrogens with zero attached hydrogens (tertiary/aromatic N) is 2. The third kappa shape index (κ3) is 7.06. The van der Waals surface area contributed by atoms with E-state index in [4.69, 9.17) is 15.9 Å². The Bertz CT molecular complexity index is 1050. The van der Waals surface area contributed by atoms with E-state index in [9.17, 15) is 32.3 Å². The highest BCUT2D eigenvalue weighted by molar-refractivity contribution is 5.89. The van der Waals surface area contributed by atoms with Gasteiger partial charge in [-0.2, -0.15) is 0 Å². The van der Waals surface area contributed by atoms with Crippen LogP contribution >= 0.6 is 0 Å². The first kappa shape index (κ1) is 27.2. The van der Waals surface area contributed by atoms with Gasteiger partial charge in [-0.3, -0.25) is 9.59 Å². The number of rotatable bonds is 7. The van der Waals surface area contributed by atoms with Crippen LogP contribution < -0.4 is 5.73 Å². The lowest BCUT2D eigenvalue weighted by Crippen LogP contribution is -2.43. The van der Waals surface area contributed by atoms with Gasteiger partial charge < -0.3 is 25.7 Å². The normalized spacial score (nSPS) is 21.7. The molecule has 3 atom stereocenters. The predicted molar refractivity (Wildman–Crippen MR) is 120 cm³/mol. The highest BCUT2D eigenvalue weighted by Crippen LogP contribution is 2.37. The zero-order valence-electron chi connectivity index (χ0n) is 19.4. The van der Waals surface area contributed by atoms with Gasteiger partial charge in [-0.15, -0.1) is 0 Å². The van der Waals surface area contributed by atoms with Crippen molar-refractivity contribution in [1.29, 1.82) is 0 Å². The summed E-state index contributed by atoms with van der Waals surface area (Å²) in [5.74, 6) is -5.23. The summed E-state index contributed by atoms with van der Waals surface area (Å²) in [6.07, 6.45) is 3.84. The van der Waals surface area contributed by atoms with Crippen molar-refractivity contribution in [3.63, 3.8) is 0 Å². The Kier molecular flexibility index (Phi) is 8.72. The van der Waals surface area contributed by atoms with Crippen LogP contribution in [0.15, 0.2) is 24.3 Å². The number of nitrogens with two attached hydrogens (primary N) is 1. The number of aliphatic carboxylic acids is 2. The molecule has 0 unspecified atom stereocenters. The number of hydrogen-bond acceptors (Lipinski definition) is 5. The van der Waals surface area contributed by atoms with Gasteiger partial charge >= 0.3 is 11.9 Å². The lowest BCUT2D eigenvalue weighted by atomic mass is 10.0. The first-order chi connectivity index (χ1) is 17.0. The molecule has 1 aromatic rings. The Morgan fingerprint density at radius 2 is 1.58 bits per heavy atom. The molecule has 3 aliphatic rings. The van der Waals surface area contributed by atoms with Gasteiger partial charge in [0.2, 0.25) is 11.8 Å². The molecule has 4 N–H and O–H groups in total. The van der Waals surface area contributed by atoms with E-state index in [2.05, 4.69) is 0 Å². The number of hydrogen-bond donors (Lipinski definition) is 3. The van der Waals surface area contributed by atoms with E-state index in [1.165, 1.54) is 0 Å². The molecule has 2 saturated heterocycles. The average Bonchev–Trinajstić information content (AvgIpc) is 3.44. The molecule has 0 aromatic heterocycles. The topological polar surface area (TPSA) is 141 Å². The second kappa shape index (κ2) is 11.5. The van der Waals surface area contributed by atoms with E-state index >= 15 is 0 Å². The Labute approximate surface area is 205 Å². The maximum atomic E-state index is 13.8. The molecule has 2 aliphatic heterocycles. The van der Waals surface area contributed by atoms with Gasteiger partial charge in [-0.25, -0.2) is 22.8 Å². The largest absolute Gasteiger partial charge is 0.478 e. The molecule has 2 heterocycles. The van der Waals surface area contributed by atoms with Crippen molar-refractivity contribution in [2.24, 2.45) is 17.6 Å². The van der Waals surface area contributed by atoms with Crippen LogP contribution in [0.1, 0.15) is 31.2 Å². The number of carbonyl (C=O) groups excluding carboxylic acids is 2. The quantitative estimate of drug-likeness (QED) is 0.373. The zero-order valence-corrected chi connectivity index (χ0v) is 19.4. The van der Waals surface area contributed by atoms with Gasteiger partial charge in [0.25, 0.3) is 0 Å². The minimum absolute atomic E-state index is 0.00176. The number of halogens is 3. The first-order valence-corrected chi connectivity index (χ1v) is 11.6. The van der Waals surface area contributed by atoms with Crippen LogP contribution in [0.25, 0.3) is 0 Å². The molecule has 9 nitrogen and oxygen atoms in total. The van der Waals surface area contributed by atoms with Gasteiger partial charge in [0.05, 0.1) is 6.04 Å². The summed E-state index contributed by atoms with van der Waals surface area (Å²) in [5, 5.41) is 15.6. The van der Waals surface area contributed by atoms with Crippen molar-refractivity contribution in [1.82, 2.24) is 9.80 Å². The van der Waals surface area contributed by atoms with E-state index in [0.29, 0.717) is 43.8 Å². The molecule has 196 valence electrons. The summed E-state index contributed by atoms with van der Waals surface area (Å²) in [5.41, 5.74) is 5.96. The summed E-state index contributed by atoms with van der Waals surface area (Å²) in [7, 11) is 0. The van der Waals surface area contributed by atoms with E-state index < -0.39 is 35.4 Å². The Morgan fingerprint density at radius 3 is 2.17 bits per heavy atom. The first-order valence-electron chi connectivity index (χ1n) is 11.6. The van der Waals surface area contributed by atoms with Crippen molar-refractivity contribution < 1.29 is 42.6 Å². The number of carbonyl (C=O) groups is 4. The van der Waals surface area contributed by atoms with E-state index in [1.807, 2.05) is 4.90 Å². The fourth-order valence-corrected chi connectivity index (χ4v) is 4.60. The Morgan fingerprint density at radius 1 is 0.972 bits per heavy atom. The molecule has 0 spiro atoms. The lowest BCUT2D eigenvalue weighted by Gasteiger charge is -2.26. The van der Waals surface area contributed by atoms with Crippen molar-refractivity contribution in [2.45, 2.75) is 44.2 Å². The number of carboxylic acid groups (broad SMARTS) is 2. The monoisotopic (exact) mass is 511 g/mol. The lowest BCUT2D eigenvalue weighted by molar-refractivity contribution is -0.135. The van der Waals surface area contributed by atoms with Crippen molar-refractivity contribution >= 4 is 23.8 Å². The molecule has 36 heavy (non-hydrogen) atoms. The molecular weight excluding hydrogens is 483 g/mol. The average molecular weight is 511 g/mol. The van der Waals surface area contributed by atoms with Crippen molar-refractivity contribution in [3.05, 3.63) is 47.3 Å². The number of fused-ring (bicyclic) bond motifs is 1. The zero-order chi connectivity index (χ0) is 26.6. The summed E-state index contributed by atoms with van der Waals surface area (Å²) < 4.78 is 40.2. The second-order valence-corrected chi connectivity index (χ2v) is 9.26. The molecule has 3 fully saturated rings. The second-order valence-electron chi connectivity index (χ2n) is 9.26. The minimum atomic E-state index is -1.26. The molecule has 1 saturated carbocycles. The SMILES string of the molecule is N[C@@H](CC(=O)N1CC[C@H]2CN(C(=O)C3CC3)C[C@H]21)Cc1cc(F)c(F)cc1F.O=C(O)/C=C/C(=O)O. The van der Waals surface area contributed by atoms with Crippen LogP contribution in [0.4, 0.5) is 13.2 Å². The highest BCUT2D eigenvalue weighted by Gasteiger charge is 2.46. The number of amides is 2. The maximum Gasteiger partial charge on any atom is 0.328 e. The van der Waals surface area contributed by atoms with Crippen molar-refractivity contribution in [3.8, 4) is 0 Å². The number of benzene rings is 1. The Hall–Kier alpha value is -3.41. The minimum Gasteiger partial charge on any atom is -0.478 e. The van der Waals surface area contributed by atoms with E-state index in [-0.39, 0.29) is 42.2 Å². The molecule has 0 radical (unpaired) electrons. The molecular formula is C24H28F3N3O6. The summed E-state index contributed by atoms with van der Waals surface area (Å²) in [6, 6.07) is 0.604. The van der Waals surface area contributed by atoms with Crippen LogP contribution in [0.3, 0.4) is 0 Å². The third-order valence-electron chi connectivity index (χ3n) is 6.48. The smallest absolute Gasteiger partial charge is 0.328 e. The predicted octanol–water partition coefficient (Wildman–Crippen LogP) is 1.54. The standard InChI is InChI=1S/C20H24F3N3O2.C4H4O4/c21-15-8-17(23)16(22)6-13(15)5-14(24)7-19(27)26-4-3-12-9-25(10-18(12)26)20(28)11-1-2-11;5-3(6)1-2-4(7)8/h6,8,11-12,14,18H,1-5,7,9-10,24H2;1-2H,(H,5,6)(H,7,8)/b;2-1+/t12-,14+,18+;/m0./s1. The van der Waals surface area contributed by atoms with Crippen molar-refractivity contribution in [2.75, 3.05) is 19.6 Å². The van der Waals surface area contributed by atoms with E-state index in [0.717, 1.165) is 25.3 Å². The van der Waals surface area contributed by atoms with Crippen LogP contribution in [0.5, 0.6) is 0 Å². The maximum absolute atomic E-state index is 13.8. The van der Waals surface area contributed by atoms with E-state index in [1.54, 1.807) is 4.90 Å². The fraction of sp³-hybridized carbons (Fsp3) is 0.500. The molecule has 1 aliphatic carbocycles. The summed E-state index contributed by atoms with van der Waals surface area (Å²) >= 11 is 0. The van der Waals surface area contributed by atoms with Gasteiger partial charge in [0.15, 0.2) is 11.6 Å². The van der Waals surface area contributed by atoms with Crippen LogP contribution in [0.2, 0.25) is 0 Å². The number of likely N-dealkylation sites (tertiary alicyclic amines) is 2. The van der Waals surface area contributed by atoms with Gasteiger partial charge in [-0.1, -0.05) is 0 Å². The van der Waals surface area contributed by atoms with Gasteiger partial charge in [0.1, 0.15) is 5.82 Å². The highest BCUT2D eigenvalue weighted by atomic mass is 19.2. The van der Waals surface area contributed by atoms with Crippen LogP contribution in [-0.2, 0) is 25.6 Å². The van der Waals surface area contributed by atoms with Crippen LogP contribution in [0, 0.1) is 29.3 Å².